The SMILES string of the molecule is CN(C)CC1CCCCC1NC(=O)C1OCC(=O)N(C)C1c1ccc(F)cc1. The van der Waals surface area contributed by atoms with Crippen LogP contribution in [0.2, 0.25) is 0 Å². The Bertz CT molecular complexity index is 695. The smallest absolute Gasteiger partial charge is 0.251 e. The Morgan fingerprint density at radius 1 is 1.25 bits per heavy atom. The Kier molecular flexibility index (Phi) is 6.67. The van der Waals surface area contributed by atoms with E-state index in [1.165, 1.54) is 23.5 Å². The van der Waals surface area contributed by atoms with Gasteiger partial charge in [0.2, 0.25) is 5.91 Å². The summed E-state index contributed by atoms with van der Waals surface area (Å²) in [5.41, 5.74) is 0.686. The second kappa shape index (κ2) is 9.01. The van der Waals surface area contributed by atoms with Crippen LogP contribution >= 0.6 is 0 Å². The molecule has 1 N–H and O–H groups in total. The summed E-state index contributed by atoms with van der Waals surface area (Å²) in [4.78, 5) is 29.0. The molecule has 2 fully saturated rings. The average Bonchev–Trinajstić information content (AvgIpc) is 2.66. The number of amides is 2. The first-order valence-corrected chi connectivity index (χ1v) is 9.94. The number of carbonyl (C=O) groups is 2. The van der Waals surface area contributed by atoms with Crippen molar-refractivity contribution in [1.29, 1.82) is 0 Å². The molecule has 1 aromatic carbocycles. The summed E-state index contributed by atoms with van der Waals surface area (Å²) in [6.07, 6.45) is 3.51. The van der Waals surface area contributed by atoms with Gasteiger partial charge in [0.25, 0.3) is 5.91 Å². The normalized spacial score (nSPS) is 28.5. The summed E-state index contributed by atoms with van der Waals surface area (Å²) in [5.74, 6) is -0.352. The fourth-order valence-corrected chi connectivity index (χ4v) is 4.34. The third-order valence-electron chi connectivity index (χ3n) is 5.79. The number of likely N-dealkylation sites (N-methyl/N-ethyl adjacent to an activating group) is 1. The molecule has 6 nitrogen and oxygen atoms in total. The van der Waals surface area contributed by atoms with Gasteiger partial charge < -0.3 is 19.9 Å². The molecule has 3 rings (SSSR count). The Morgan fingerprint density at radius 3 is 2.61 bits per heavy atom. The van der Waals surface area contributed by atoms with Crippen LogP contribution in [0.3, 0.4) is 0 Å². The van der Waals surface area contributed by atoms with Gasteiger partial charge in [0, 0.05) is 19.6 Å². The number of halogens is 1. The first-order valence-electron chi connectivity index (χ1n) is 9.94. The minimum Gasteiger partial charge on any atom is -0.356 e. The van der Waals surface area contributed by atoms with Crippen molar-refractivity contribution in [3.63, 3.8) is 0 Å². The first-order chi connectivity index (χ1) is 13.4. The molecular formula is C21H30FN3O3. The quantitative estimate of drug-likeness (QED) is 0.834. The van der Waals surface area contributed by atoms with E-state index < -0.39 is 12.1 Å². The van der Waals surface area contributed by atoms with Crippen molar-refractivity contribution < 1.29 is 18.7 Å². The van der Waals surface area contributed by atoms with Crippen molar-refractivity contribution in [1.82, 2.24) is 15.1 Å². The van der Waals surface area contributed by atoms with E-state index in [4.69, 9.17) is 4.74 Å². The highest BCUT2D eigenvalue weighted by Gasteiger charge is 2.41. The lowest BCUT2D eigenvalue weighted by Crippen LogP contribution is -2.56. The molecule has 2 amide bonds. The van der Waals surface area contributed by atoms with Gasteiger partial charge in [0.15, 0.2) is 6.10 Å². The molecule has 7 heteroatoms. The monoisotopic (exact) mass is 391 g/mol. The van der Waals surface area contributed by atoms with Crippen LogP contribution in [0, 0.1) is 11.7 Å². The number of hydrogen-bond donors (Lipinski definition) is 1. The lowest BCUT2D eigenvalue weighted by atomic mass is 9.84. The summed E-state index contributed by atoms with van der Waals surface area (Å²) in [6, 6.07) is 5.42. The maximum absolute atomic E-state index is 13.3. The number of morpholine rings is 1. The van der Waals surface area contributed by atoms with Gasteiger partial charge in [-0.25, -0.2) is 4.39 Å². The number of nitrogens with zero attached hydrogens (tertiary/aromatic N) is 2. The van der Waals surface area contributed by atoms with Crippen LogP contribution in [-0.4, -0.2) is 68.1 Å². The van der Waals surface area contributed by atoms with E-state index in [9.17, 15) is 14.0 Å². The molecule has 4 atom stereocenters. The Morgan fingerprint density at radius 2 is 1.93 bits per heavy atom. The fourth-order valence-electron chi connectivity index (χ4n) is 4.34. The van der Waals surface area contributed by atoms with Gasteiger partial charge in [0.1, 0.15) is 12.4 Å². The third-order valence-corrected chi connectivity index (χ3v) is 5.79. The number of ether oxygens (including phenoxy) is 1. The van der Waals surface area contributed by atoms with E-state index in [0.29, 0.717) is 11.5 Å². The molecule has 28 heavy (non-hydrogen) atoms. The summed E-state index contributed by atoms with van der Waals surface area (Å²) >= 11 is 0. The Labute approximate surface area is 166 Å². The lowest BCUT2D eigenvalue weighted by Gasteiger charge is -2.40. The molecule has 2 aliphatic rings. The predicted molar refractivity (Wildman–Crippen MR) is 104 cm³/mol. The minimum atomic E-state index is -0.810. The number of hydrogen-bond acceptors (Lipinski definition) is 4. The van der Waals surface area contributed by atoms with Gasteiger partial charge in [0.05, 0.1) is 6.04 Å². The molecular weight excluding hydrogens is 361 g/mol. The van der Waals surface area contributed by atoms with Gasteiger partial charge in [-0.15, -0.1) is 0 Å². The highest BCUT2D eigenvalue weighted by atomic mass is 19.1. The van der Waals surface area contributed by atoms with Crippen LogP contribution in [0.4, 0.5) is 4.39 Å². The molecule has 0 spiro atoms. The Balaban J connectivity index is 1.77. The van der Waals surface area contributed by atoms with E-state index in [1.807, 2.05) is 14.1 Å². The largest absolute Gasteiger partial charge is 0.356 e. The van der Waals surface area contributed by atoms with E-state index in [0.717, 1.165) is 25.8 Å². The molecule has 154 valence electrons. The van der Waals surface area contributed by atoms with Crippen LogP contribution in [-0.2, 0) is 14.3 Å². The number of rotatable bonds is 5. The van der Waals surface area contributed by atoms with Crippen molar-refractivity contribution in [3.8, 4) is 0 Å². The van der Waals surface area contributed by atoms with Crippen LogP contribution in [0.1, 0.15) is 37.3 Å². The lowest BCUT2D eigenvalue weighted by molar-refractivity contribution is -0.162. The van der Waals surface area contributed by atoms with Crippen molar-refractivity contribution in [2.45, 2.75) is 43.9 Å². The van der Waals surface area contributed by atoms with Crippen molar-refractivity contribution in [3.05, 3.63) is 35.6 Å². The van der Waals surface area contributed by atoms with Gasteiger partial charge in [-0.1, -0.05) is 25.0 Å². The zero-order chi connectivity index (χ0) is 20.3. The van der Waals surface area contributed by atoms with E-state index >= 15 is 0 Å². The van der Waals surface area contributed by atoms with E-state index in [-0.39, 0.29) is 30.3 Å². The Hall–Kier alpha value is -1.99. The molecule has 1 saturated heterocycles. The molecule has 0 aromatic heterocycles. The van der Waals surface area contributed by atoms with Gasteiger partial charge in [-0.3, -0.25) is 9.59 Å². The molecule has 1 aromatic rings. The molecule has 0 radical (unpaired) electrons. The maximum Gasteiger partial charge on any atom is 0.251 e. The standard InChI is InChI=1S/C21H30FN3O3/c1-24(2)12-15-6-4-5-7-17(15)23-21(27)20-19(25(3)18(26)13-28-20)14-8-10-16(22)11-9-14/h8-11,15,17,19-20H,4-7,12-13H2,1-3H3,(H,23,27). The molecule has 1 aliphatic carbocycles. The molecule has 1 aliphatic heterocycles. The summed E-state index contributed by atoms with van der Waals surface area (Å²) in [6.45, 7) is 0.800. The van der Waals surface area contributed by atoms with Gasteiger partial charge in [-0.2, -0.15) is 0 Å². The number of benzene rings is 1. The first kappa shape index (κ1) is 20.7. The predicted octanol–water partition coefficient (Wildman–Crippen LogP) is 1.96. The highest BCUT2D eigenvalue weighted by molar-refractivity contribution is 5.86. The highest BCUT2D eigenvalue weighted by Crippen LogP contribution is 2.31. The average molecular weight is 391 g/mol. The van der Waals surface area contributed by atoms with Gasteiger partial charge >= 0.3 is 0 Å². The van der Waals surface area contributed by atoms with E-state index in [2.05, 4.69) is 10.2 Å². The van der Waals surface area contributed by atoms with Crippen molar-refractivity contribution >= 4 is 11.8 Å². The minimum absolute atomic E-state index is 0.101. The van der Waals surface area contributed by atoms with Gasteiger partial charge in [-0.05, 0) is 50.6 Å². The third kappa shape index (κ3) is 4.70. The van der Waals surface area contributed by atoms with Crippen LogP contribution in [0.25, 0.3) is 0 Å². The summed E-state index contributed by atoms with van der Waals surface area (Å²) < 4.78 is 19.0. The fraction of sp³-hybridized carbons (Fsp3) is 0.619. The topological polar surface area (TPSA) is 61.9 Å². The number of nitrogens with one attached hydrogen (secondary N) is 1. The summed E-state index contributed by atoms with van der Waals surface area (Å²) in [5, 5.41) is 3.19. The molecule has 4 unspecified atom stereocenters. The second-order valence-electron chi connectivity index (χ2n) is 8.15. The summed E-state index contributed by atoms with van der Waals surface area (Å²) in [7, 11) is 5.75. The maximum atomic E-state index is 13.3. The molecule has 0 bridgehead atoms. The van der Waals surface area contributed by atoms with Crippen LogP contribution < -0.4 is 5.32 Å². The van der Waals surface area contributed by atoms with Crippen molar-refractivity contribution in [2.75, 3.05) is 34.3 Å². The van der Waals surface area contributed by atoms with Crippen LogP contribution in [0.15, 0.2) is 24.3 Å². The van der Waals surface area contributed by atoms with E-state index in [1.54, 1.807) is 19.2 Å². The number of carbonyl (C=O) groups excluding carboxylic acids is 2. The molecule has 1 heterocycles. The zero-order valence-electron chi connectivity index (χ0n) is 16.9. The molecule has 1 saturated carbocycles. The van der Waals surface area contributed by atoms with Crippen LogP contribution in [0.5, 0.6) is 0 Å². The van der Waals surface area contributed by atoms with Crippen molar-refractivity contribution in [2.24, 2.45) is 5.92 Å². The zero-order valence-corrected chi connectivity index (χ0v) is 16.9. The second-order valence-corrected chi connectivity index (χ2v) is 8.15.